The average Bonchev–Trinajstić information content (AvgIpc) is 2.67. The molecule has 0 radical (unpaired) electrons. The molecule has 0 saturated carbocycles. The smallest absolute Gasteiger partial charge is 0.197 e. The summed E-state index contributed by atoms with van der Waals surface area (Å²) in [5.41, 5.74) is 0.928. The minimum absolute atomic E-state index is 0.00550. The third-order valence-electron chi connectivity index (χ3n) is 5.00. The van der Waals surface area contributed by atoms with Gasteiger partial charge in [-0.2, -0.15) is 0 Å². The van der Waals surface area contributed by atoms with E-state index in [1.54, 1.807) is 24.3 Å². The highest BCUT2D eigenvalue weighted by Gasteiger charge is 2.18. The number of carbonyl (C=O) groups is 1. The summed E-state index contributed by atoms with van der Waals surface area (Å²) in [5, 5.41) is 16.6. The molecule has 0 aromatic heterocycles. The van der Waals surface area contributed by atoms with Crippen LogP contribution in [0.5, 0.6) is 5.75 Å². The van der Waals surface area contributed by atoms with E-state index in [1.807, 2.05) is 18.2 Å². The van der Waals surface area contributed by atoms with Crippen molar-refractivity contribution >= 4 is 54.0 Å². The third kappa shape index (κ3) is 2.07. The van der Waals surface area contributed by atoms with Crippen LogP contribution in [0.25, 0.3) is 32.3 Å². The zero-order chi connectivity index (χ0) is 17.8. The number of ketones is 1. The number of hydrogen-bond donors (Lipinski definition) is 1. The van der Waals surface area contributed by atoms with Crippen LogP contribution in [0, 0.1) is 0 Å². The lowest BCUT2D eigenvalue weighted by molar-refractivity contribution is 0.103. The van der Waals surface area contributed by atoms with E-state index in [0.717, 1.165) is 36.8 Å². The highest BCUT2D eigenvalue weighted by molar-refractivity contribution is 9.10. The Morgan fingerprint density at radius 1 is 0.692 bits per heavy atom. The predicted molar refractivity (Wildman–Crippen MR) is 109 cm³/mol. The molecule has 0 saturated heterocycles. The Bertz CT molecular complexity index is 1320. The lowest BCUT2D eigenvalue weighted by Gasteiger charge is -2.14. The number of carbonyl (C=O) groups excluding carboxylic acids is 1. The highest BCUT2D eigenvalue weighted by Crippen LogP contribution is 2.39. The zero-order valence-corrected chi connectivity index (χ0v) is 15.2. The van der Waals surface area contributed by atoms with Gasteiger partial charge < -0.3 is 5.11 Å². The lowest BCUT2D eigenvalue weighted by Crippen LogP contribution is -2.03. The summed E-state index contributed by atoms with van der Waals surface area (Å²) < 4.78 is 1.04. The van der Waals surface area contributed by atoms with Gasteiger partial charge in [-0.25, -0.2) is 0 Å². The maximum atomic E-state index is 13.1. The highest BCUT2D eigenvalue weighted by atomic mass is 79.9. The fourth-order valence-corrected chi connectivity index (χ4v) is 4.24. The molecular weight excluding hydrogens is 388 g/mol. The van der Waals surface area contributed by atoms with Gasteiger partial charge >= 0.3 is 0 Å². The molecule has 0 heterocycles. The Labute approximate surface area is 158 Å². The van der Waals surface area contributed by atoms with E-state index in [-0.39, 0.29) is 11.5 Å². The normalized spacial score (nSPS) is 11.6. The van der Waals surface area contributed by atoms with E-state index in [4.69, 9.17) is 0 Å². The molecule has 1 N–H and O–H groups in total. The lowest BCUT2D eigenvalue weighted by atomic mass is 9.89. The van der Waals surface area contributed by atoms with Gasteiger partial charge in [0.25, 0.3) is 0 Å². The zero-order valence-electron chi connectivity index (χ0n) is 13.7. The molecule has 26 heavy (non-hydrogen) atoms. The molecule has 0 aliphatic heterocycles. The summed E-state index contributed by atoms with van der Waals surface area (Å²) in [6, 6.07) is 22.9. The summed E-state index contributed by atoms with van der Waals surface area (Å²) in [6.07, 6.45) is 0. The second-order valence-electron chi connectivity index (χ2n) is 6.43. The summed E-state index contributed by atoms with van der Waals surface area (Å²) in [7, 11) is 0. The van der Waals surface area contributed by atoms with Crippen molar-refractivity contribution in [2.24, 2.45) is 0 Å². The maximum Gasteiger partial charge on any atom is 0.197 e. The van der Waals surface area contributed by atoms with Gasteiger partial charge in [0.15, 0.2) is 5.78 Å². The van der Waals surface area contributed by atoms with Crippen molar-refractivity contribution in [3.63, 3.8) is 0 Å². The Hall–Kier alpha value is -2.91. The molecule has 124 valence electrons. The Morgan fingerprint density at radius 2 is 1.31 bits per heavy atom. The van der Waals surface area contributed by atoms with Crippen molar-refractivity contribution in [2.75, 3.05) is 0 Å². The van der Waals surface area contributed by atoms with Gasteiger partial charge in [-0.15, -0.1) is 0 Å². The monoisotopic (exact) mass is 400 g/mol. The second-order valence-corrected chi connectivity index (χ2v) is 7.28. The van der Waals surface area contributed by atoms with Crippen LogP contribution in [0.15, 0.2) is 77.3 Å². The van der Waals surface area contributed by atoms with Crippen molar-refractivity contribution in [3.05, 3.63) is 88.4 Å². The first-order valence-electron chi connectivity index (χ1n) is 8.34. The summed E-state index contributed by atoms with van der Waals surface area (Å²) >= 11 is 3.64. The Balaban J connectivity index is 1.89. The fourth-order valence-electron chi connectivity index (χ4n) is 3.77. The van der Waals surface area contributed by atoms with Gasteiger partial charge in [-0.3, -0.25) is 4.79 Å². The van der Waals surface area contributed by atoms with Gasteiger partial charge in [-0.05, 0) is 56.6 Å². The predicted octanol–water partition coefficient (Wildman–Crippen LogP) is 6.28. The van der Waals surface area contributed by atoms with Crippen LogP contribution in [-0.2, 0) is 0 Å². The molecule has 5 aromatic rings. The molecule has 0 amide bonds. The van der Waals surface area contributed by atoms with Crippen LogP contribution in [0.1, 0.15) is 15.9 Å². The quantitative estimate of drug-likeness (QED) is 0.279. The number of para-hydroxylation sites is 1. The molecule has 0 fully saturated rings. The van der Waals surface area contributed by atoms with Crippen molar-refractivity contribution < 1.29 is 9.90 Å². The Kier molecular flexibility index (Phi) is 3.28. The first-order valence-corrected chi connectivity index (χ1v) is 9.13. The molecule has 0 atom stereocenters. The molecule has 5 aromatic carbocycles. The fraction of sp³-hybridized carbons (Fsp3) is 0. The van der Waals surface area contributed by atoms with E-state index >= 15 is 0 Å². The molecule has 2 nitrogen and oxygen atoms in total. The van der Waals surface area contributed by atoms with Crippen molar-refractivity contribution in [3.8, 4) is 5.75 Å². The molecule has 0 bridgehead atoms. The summed E-state index contributed by atoms with van der Waals surface area (Å²) in [4.78, 5) is 13.1. The van der Waals surface area contributed by atoms with Gasteiger partial charge in [0, 0.05) is 10.0 Å². The van der Waals surface area contributed by atoms with Crippen molar-refractivity contribution in [1.82, 2.24) is 0 Å². The van der Waals surface area contributed by atoms with Crippen molar-refractivity contribution in [1.29, 1.82) is 0 Å². The number of phenols is 1. The second kappa shape index (κ2) is 5.55. The maximum absolute atomic E-state index is 13.1. The summed E-state index contributed by atoms with van der Waals surface area (Å²) in [5.74, 6) is -0.161. The molecule has 0 aliphatic rings. The number of hydrogen-bond acceptors (Lipinski definition) is 2. The summed E-state index contributed by atoms with van der Waals surface area (Å²) in [6.45, 7) is 0. The van der Waals surface area contributed by atoms with E-state index < -0.39 is 0 Å². The number of aromatic hydroxyl groups is 1. The van der Waals surface area contributed by atoms with E-state index in [2.05, 4.69) is 46.3 Å². The molecular formula is C23H13BrO2. The number of benzene rings is 5. The molecule has 0 unspecified atom stereocenters. The number of rotatable bonds is 2. The van der Waals surface area contributed by atoms with E-state index in [1.165, 1.54) is 0 Å². The van der Waals surface area contributed by atoms with E-state index in [0.29, 0.717) is 11.1 Å². The Morgan fingerprint density at radius 3 is 2.08 bits per heavy atom. The van der Waals surface area contributed by atoms with Crippen LogP contribution in [0.3, 0.4) is 0 Å². The van der Waals surface area contributed by atoms with E-state index in [9.17, 15) is 9.90 Å². The van der Waals surface area contributed by atoms with Gasteiger partial charge in [0.2, 0.25) is 0 Å². The van der Waals surface area contributed by atoms with Gasteiger partial charge in [0.1, 0.15) is 5.75 Å². The van der Waals surface area contributed by atoms with Crippen molar-refractivity contribution in [2.45, 2.75) is 0 Å². The molecule has 5 rings (SSSR count). The number of halogens is 1. The SMILES string of the molecule is O=C(c1ccccc1O)c1ccc2ccc3c(Br)ccc4ccc1c2c43. The van der Waals surface area contributed by atoms with Crippen LogP contribution < -0.4 is 0 Å². The van der Waals surface area contributed by atoms with Crippen LogP contribution in [0.4, 0.5) is 0 Å². The van der Waals surface area contributed by atoms with Crippen LogP contribution in [-0.4, -0.2) is 10.9 Å². The first-order chi connectivity index (χ1) is 12.6. The largest absolute Gasteiger partial charge is 0.507 e. The van der Waals surface area contributed by atoms with Crippen LogP contribution >= 0.6 is 15.9 Å². The number of phenolic OH excluding ortho intramolecular Hbond substituents is 1. The molecule has 3 heteroatoms. The first kappa shape index (κ1) is 15.4. The minimum atomic E-state index is -0.167. The minimum Gasteiger partial charge on any atom is -0.507 e. The average molecular weight is 401 g/mol. The standard InChI is InChI=1S/C23H13BrO2/c24-19-12-8-14-5-9-15-16(23(26)18-3-1-2-4-20(18)25)10-6-13-7-11-17(19)22(14)21(13)15/h1-12,25H. The molecule has 0 spiro atoms. The van der Waals surface area contributed by atoms with Crippen LogP contribution in [0.2, 0.25) is 0 Å². The van der Waals surface area contributed by atoms with Gasteiger partial charge in [0.05, 0.1) is 5.56 Å². The molecule has 0 aliphatic carbocycles. The van der Waals surface area contributed by atoms with Gasteiger partial charge in [-0.1, -0.05) is 64.5 Å². The topological polar surface area (TPSA) is 37.3 Å². The third-order valence-corrected chi connectivity index (χ3v) is 5.70.